The first-order valence-corrected chi connectivity index (χ1v) is 7.18. The molecule has 96 valence electrons. The zero-order valence-electron chi connectivity index (χ0n) is 10.4. The van der Waals surface area contributed by atoms with Crippen LogP contribution in [0.25, 0.3) is 0 Å². The van der Waals surface area contributed by atoms with Gasteiger partial charge in [0.05, 0.1) is 11.3 Å². The number of benzene rings is 1. The van der Waals surface area contributed by atoms with Gasteiger partial charge in [-0.1, -0.05) is 12.1 Å². The van der Waals surface area contributed by atoms with Crippen molar-refractivity contribution in [3.05, 3.63) is 29.8 Å². The molecular weight excluding hydrogens is 248 g/mol. The van der Waals surface area contributed by atoms with Gasteiger partial charge in [0, 0.05) is 0 Å². The SMILES string of the molecule is CSCC[C@]1(C)NC(=O)c2ccccc2NC1=O. The standard InChI is InChI=1S/C13H16N2O2S/c1-13(7-8-18-2)12(17)14-10-6-4-3-5-9(10)11(16)15-13/h3-6H,7-8H2,1-2H3,(H,14,17)(H,15,16)/t13-/m0/s1. The van der Waals surface area contributed by atoms with Crippen LogP contribution in [0.2, 0.25) is 0 Å². The van der Waals surface area contributed by atoms with E-state index in [2.05, 4.69) is 10.6 Å². The van der Waals surface area contributed by atoms with E-state index < -0.39 is 5.54 Å². The zero-order chi connectivity index (χ0) is 13.2. The van der Waals surface area contributed by atoms with Crippen molar-refractivity contribution < 1.29 is 9.59 Å². The molecule has 5 heteroatoms. The van der Waals surface area contributed by atoms with Gasteiger partial charge in [-0.05, 0) is 37.5 Å². The lowest BCUT2D eigenvalue weighted by molar-refractivity contribution is -0.121. The number of fused-ring (bicyclic) bond motifs is 1. The first-order valence-electron chi connectivity index (χ1n) is 5.79. The summed E-state index contributed by atoms with van der Waals surface area (Å²) in [5, 5.41) is 5.65. The minimum atomic E-state index is -0.848. The van der Waals surface area contributed by atoms with E-state index in [1.54, 1.807) is 43.0 Å². The molecular formula is C13H16N2O2S. The quantitative estimate of drug-likeness (QED) is 0.876. The van der Waals surface area contributed by atoms with Crippen LogP contribution in [0.1, 0.15) is 23.7 Å². The van der Waals surface area contributed by atoms with E-state index in [9.17, 15) is 9.59 Å². The number of hydrogen-bond donors (Lipinski definition) is 2. The maximum Gasteiger partial charge on any atom is 0.254 e. The smallest absolute Gasteiger partial charge is 0.254 e. The maximum absolute atomic E-state index is 12.2. The van der Waals surface area contributed by atoms with Crippen LogP contribution in [-0.2, 0) is 4.79 Å². The lowest BCUT2D eigenvalue weighted by atomic mass is 9.98. The van der Waals surface area contributed by atoms with Gasteiger partial charge in [0.2, 0.25) is 5.91 Å². The Balaban J connectivity index is 2.32. The predicted molar refractivity (Wildman–Crippen MR) is 73.9 cm³/mol. The minimum Gasteiger partial charge on any atom is -0.338 e. The van der Waals surface area contributed by atoms with Crippen molar-refractivity contribution in [2.75, 3.05) is 17.3 Å². The van der Waals surface area contributed by atoms with Crippen LogP contribution in [0.3, 0.4) is 0 Å². The molecule has 2 amide bonds. The largest absolute Gasteiger partial charge is 0.338 e. The van der Waals surface area contributed by atoms with Crippen LogP contribution in [0.15, 0.2) is 24.3 Å². The number of rotatable bonds is 3. The molecule has 2 rings (SSSR count). The fourth-order valence-corrected chi connectivity index (χ4v) is 2.52. The van der Waals surface area contributed by atoms with Gasteiger partial charge in [-0.15, -0.1) is 0 Å². The Morgan fingerprint density at radius 3 is 2.72 bits per heavy atom. The van der Waals surface area contributed by atoms with Crippen molar-refractivity contribution >= 4 is 29.3 Å². The molecule has 1 aliphatic rings. The second-order valence-electron chi connectivity index (χ2n) is 4.53. The highest BCUT2D eigenvalue weighted by Gasteiger charge is 2.37. The minimum absolute atomic E-state index is 0.158. The van der Waals surface area contributed by atoms with E-state index in [4.69, 9.17) is 0 Å². The van der Waals surface area contributed by atoms with Gasteiger partial charge < -0.3 is 10.6 Å². The molecule has 0 aromatic heterocycles. The Labute approximate surface area is 111 Å². The van der Waals surface area contributed by atoms with Crippen LogP contribution >= 0.6 is 11.8 Å². The fraction of sp³-hybridized carbons (Fsp3) is 0.385. The summed E-state index contributed by atoms with van der Waals surface area (Å²) in [6.07, 6.45) is 2.59. The average Bonchev–Trinajstić information content (AvgIpc) is 2.45. The number of hydrogen-bond acceptors (Lipinski definition) is 3. The number of para-hydroxylation sites is 1. The molecule has 1 aromatic carbocycles. The maximum atomic E-state index is 12.2. The van der Waals surface area contributed by atoms with Crippen LogP contribution in [0, 0.1) is 0 Å². The molecule has 0 saturated heterocycles. The molecule has 0 fully saturated rings. The van der Waals surface area contributed by atoms with Crippen LogP contribution in [0.4, 0.5) is 5.69 Å². The van der Waals surface area contributed by atoms with Crippen molar-refractivity contribution in [1.82, 2.24) is 5.32 Å². The summed E-state index contributed by atoms with van der Waals surface area (Å²) in [5.41, 5.74) is 0.241. The molecule has 0 unspecified atom stereocenters. The lowest BCUT2D eigenvalue weighted by Crippen LogP contribution is -2.53. The Bertz CT molecular complexity index is 490. The third kappa shape index (κ3) is 2.36. The van der Waals surface area contributed by atoms with Gasteiger partial charge in [-0.2, -0.15) is 11.8 Å². The van der Waals surface area contributed by atoms with Gasteiger partial charge in [-0.3, -0.25) is 9.59 Å². The fourth-order valence-electron chi connectivity index (χ4n) is 1.91. The van der Waals surface area contributed by atoms with Gasteiger partial charge in [-0.25, -0.2) is 0 Å². The van der Waals surface area contributed by atoms with Gasteiger partial charge in [0.25, 0.3) is 5.91 Å². The molecule has 1 atom stereocenters. The number of nitrogens with one attached hydrogen (secondary N) is 2. The summed E-state index contributed by atoms with van der Waals surface area (Å²) < 4.78 is 0. The summed E-state index contributed by atoms with van der Waals surface area (Å²) in [7, 11) is 0. The van der Waals surface area contributed by atoms with Crippen molar-refractivity contribution in [2.45, 2.75) is 18.9 Å². The molecule has 1 aliphatic heterocycles. The zero-order valence-corrected chi connectivity index (χ0v) is 11.3. The van der Waals surface area contributed by atoms with Crippen molar-refractivity contribution in [2.24, 2.45) is 0 Å². The summed E-state index contributed by atoms with van der Waals surface area (Å²) in [6, 6.07) is 7.05. The van der Waals surface area contributed by atoms with Gasteiger partial charge >= 0.3 is 0 Å². The van der Waals surface area contributed by atoms with Crippen molar-refractivity contribution in [3.8, 4) is 0 Å². The van der Waals surface area contributed by atoms with Crippen LogP contribution in [-0.4, -0.2) is 29.4 Å². The molecule has 4 nitrogen and oxygen atoms in total. The highest BCUT2D eigenvalue weighted by atomic mass is 32.2. The summed E-state index contributed by atoms with van der Waals surface area (Å²) in [6.45, 7) is 1.77. The molecule has 0 bridgehead atoms. The number of carbonyl (C=O) groups is 2. The molecule has 0 aliphatic carbocycles. The van der Waals surface area contributed by atoms with E-state index in [1.807, 2.05) is 6.26 Å². The number of anilines is 1. The van der Waals surface area contributed by atoms with E-state index in [0.717, 1.165) is 5.75 Å². The normalized spacial score (nSPS) is 22.8. The van der Waals surface area contributed by atoms with Crippen molar-refractivity contribution in [3.63, 3.8) is 0 Å². The number of thioether (sulfide) groups is 1. The molecule has 0 saturated carbocycles. The Morgan fingerprint density at radius 2 is 2.00 bits per heavy atom. The molecule has 0 radical (unpaired) electrons. The van der Waals surface area contributed by atoms with Crippen LogP contribution in [0.5, 0.6) is 0 Å². The van der Waals surface area contributed by atoms with Gasteiger partial charge in [0.15, 0.2) is 0 Å². The molecule has 2 N–H and O–H groups in total. The lowest BCUT2D eigenvalue weighted by Gasteiger charge is -2.26. The molecule has 18 heavy (non-hydrogen) atoms. The second-order valence-corrected chi connectivity index (χ2v) is 5.51. The molecule has 1 aromatic rings. The number of amides is 2. The summed E-state index contributed by atoms with van der Waals surface area (Å²) in [5.74, 6) is 0.461. The van der Waals surface area contributed by atoms with E-state index >= 15 is 0 Å². The third-order valence-corrected chi connectivity index (χ3v) is 3.73. The van der Waals surface area contributed by atoms with Gasteiger partial charge in [0.1, 0.15) is 5.54 Å². The molecule has 1 heterocycles. The van der Waals surface area contributed by atoms with E-state index in [-0.39, 0.29) is 11.8 Å². The number of carbonyl (C=O) groups excluding carboxylic acids is 2. The molecule has 0 spiro atoms. The highest BCUT2D eigenvalue weighted by Crippen LogP contribution is 2.24. The van der Waals surface area contributed by atoms with E-state index in [1.165, 1.54) is 0 Å². The first kappa shape index (κ1) is 13.0. The topological polar surface area (TPSA) is 58.2 Å². The Morgan fingerprint density at radius 1 is 1.28 bits per heavy atom. The Hall–Kier alpha value is -1.49. The first-order chi connectivity index (χ1) is 8.57. The van der Waals surface area contributed by atoms with E-state index in [0.29, 0.717) is 17.7 Å². The van der Waals surface area contributed by atoms with Crippen molar-refractivity contribution in [1.29, 1.82) is 0 Å². The second kappa shape index (κ2) is 5.02. The highest BCUT2D eigenvalue weighted by molar-refractivity contribution is 7.98. The third-order valence-electron chi connectivity index (χ3n) is 3.12. The predicted octanol–water partition coefficient (Wildman–Crippen LogP) is 1.88. The average molecular weight is 264 g/mol. The Kier molecular flexibility index (Phi) is 3.61. The summed E-state index contributed by atoms with van der Waals surface area (Å²) >= 11 is 1.66. The van der Waals surface area contributed by atoms with Crippen LogP contribution < -0.4 is 10.6 Å². The monoisotopic (exact) mass is 264 g/mol. The summed E-state index contributed by atoms with van der Waals surface area (Å²) in [4.78, 5) is 24.3.